The molecule has 0 spiro atoms. The molecule has 176 valence electrons. The van der Waals surface area contributed by atoms with Crippen LogP contribution in [0, 0.1) is 0 Å². The van der Waals surface area contributed by atoms with Gasteiger partial charge in [-0.05, 0) is 18.2 Å². The Balaban J connectivity index is 1.44. The molecule has 6 rings (SSSR count). The molecule has 0 saturated carbocycles. The molecule has 8 heteroatoms. The minimum absolute atomic E-state index is 0.208. The van der Waals surface area contributed by atoms with Crippen molar-refractivity contribution in [1.82, 2.24) is 20.3 Å². The molecule has 1 atom stereocenters. The predicted molar refractivity (Wildman–Crippen MR) is 138 cm³/mol. The Labute approximate surface area is 206 Å². The number of hydrogen-bond donors (Lipinski definition) is 3. The van der Waals surface area contributed by atoms with E-state index in [4.69, 9.17) is 4.99 Å². The van der Waals surface area contributed by atoms with E-state index >= 15 is 0 Å². The summed E-state index contributed by atoms with van der Waals surface area (Å²) in [5, 5.41) is 3.76. The smallest absolute Gasteiger partial charge is 0.272 e. The monoisotopic (exact) mass is 474 g/mol. The number of H-pyrrole nitrogens is 2. The van der Waals surface area contributed by atoms with E-state index in [0.29, 0.717) is 22.9 Å². The molecule has 2 aromatic heterocycles. The van der Waals surface area contributed by atoms with Gasteiger partial charge in [-0.25, -0.2) is 9.98 Å². The predicted octanol–water partition coefficient (Wildman–Crippen LogP) is 4.03. The van der Waals surface area contributed by atoms with Crippen molar-refractivity contribution in [3.05, 3.63) is 120 Å². The Hall–Kier alpha value is -4.98. The molecule has 5 aromatic rings. The highest BCUT2D eigenvalue weighted by molar-refractivity contribution is 6.20. The number of amides is 2. The molecule has 3 aromatic carbocycles. The number of carbonyl (C=O) groups is 2. The van der Waals surface area contributed by atoms with Crippen molar-refractivity contribution in [3.63, 3.8) is 0 Å². The van der Waals surface area contributed by atoms with Crippen LogP contribution in [-0.2, 0) is 11.3 Å². The van der Waals surface area contributed by atoms with Gasteiger partial charge in [0.2, 0.25) is 6.17 Å². The van der Waals surface area contributed by atoms with E-state index in [-0.39, 0.29) is 12.5 Å². The lowest BCUT2D eigenvalue weighted by Crippen LogP contribution is -2.47. The van der Waals surface area contributed by atoms with Crippen LogP contribution in [-0.4, -0.2) is 38.6 Å². The maximum Gasteiger partial charge on any atom is 0.272 e. The molecule has 0 saturated heterocycles. The second-order valence-electron chi connectivity index (χ2n) is 8.47. The van der Waals surface area contributed by atoms with Gasteiger partial charge in [0.15, 0.2) is 0 Å². The highest BCUT2D eigenvalue weighted by Gasteiger charge is 2.33. The van der Waals surface area contributed by atoms with Crippen LogP contribution in [0.25, 0.3) is 10.9 Å². The summed E-state index contributed by atoms with van der Waals surface area (Å²) in [4.78, 5) is 44.1. The zero-order valence-corrected chi connectivity index (χ0v) is 19.2. The number of benzodiazepines with no additional fused rings is 1. The topological polar surface area (TPSA) is 106 Å². The molecule has 36 heavy (non-hydrogen) atoms. The Morgan fingerprint density at radius 2 is 1.75 bits per heavy atom. The lowest BCUT2D eigenvalue weighted by Gasteiger charge is -2.24. The number of rotatable bonds is 5. The molecule has 0 radical (unpaired) electrons. The Morgan fingerprint density at radius 3 is 2.56 bits per heavy atom. The number of nitrogens with one attached hydrogen (secondary N) is 3. The molecule has 0 bridgehead atoms. The van der Waals surface area contributed by atoms with Gasteiger partial charge in [0.05, 0.1) is 17.9 Å². The van der Waals surface area contributed by atoms with Crippen molar-refractivity contribution >= 4 is 34.1 Å². The lowest BCUT2D eigenvalue weighted by molar-refractivity contribution is -0.120. The van der Waals surface area contributed by atoms with E-state index in [9.17, 15) is 9.59 Å². The van der Waals surface area contributed by atoms with Gasteiger partial charge in [0, 0.05) is 34.4 Å². The number of para-hydroxylation sites is 2. The molecule has 1 aliphatic rings. The first-order valence-corrected chi connectivity index (χ1v) is 11.6. The first kappa shape index (κ1) is 21.5. The van der Waals surface area contributed by atoms with E-state index in [2.05, 4.69) is 20.3 Å². The summed E-state index contributed by atoms with van der Waals surface area (Å²) < 4.78 is 0. The summed E-state index contributed by atoms with van der Waals surface area (Å²) in [6, 6.07) is 26.7. The van der Waals surface area contributed by atoms with Crippen molar-refractivity contribution in [1.29, 1.82) is 0 Å². The molecular weight excluding hydrogens is 452 g/mol. The van der Waals surface area contributed by atoms with Crippen LogP contribution < -0.4 is 10.2 Å². The number of aliphatic imine (C=N–C) groups is 1. The molecule has 3 N–H and O–H groups in total. The minimum Gasteiger partial charge on any atom is -0.351 e. The maximum atomic E-state index is 13.9. The zero-order valence-electron chi connectivity index (χ0n) is 19.2. The number of aromatic nitrogens is 3. The summed E-state index contributed by atoms with van der Waals surface area (Å²) in [5.74, 6) is -0.138. The highest BCUT2D eigenvalue weighted by Crippen LogP contribution is 2.29. The molecular formula is C28H22N6O2. The molecule has 0 aliphatic carbocycles. The van der Waals surface area contributed by atoms with E-state index in [1.807, 2.05) is 78.9 Å². The van der Waals surface area contributed by atoms with Gasteiger partial charge in [0.25, 0.3) is 11.8 Å². The number of anilines is 1. The molecule has 1 aliphatic heterocycles. The van der Waals surface area contributed by atoms with Gasteiger partial charge in [0.1, 0.15) is 11.5 Å². The third kappa shape index (κ3) is 3.94. The van der Waals surface area contributed by atoms with Gasteiger partial charge in [-0.2, -0.15) is 0 Å². The molecule has 1 unspecified atom stereocenters. The van der Waals surface area contributed by atoms with Crippen molar-refractivity contribution in [2.45, 2.75) is 12.7 Å². The standard InChI is InChI=1S/C28H22N6O2/c35-27(22-16-19-10-4-6-12-21(19)31-22)33-26-28(36)34(17-24-29-14-15-30-24)23-13-7-5-11-20(23)25(32-26)18-8-2-1-3-9-18/h1-16,26,31H,17H2,(H,29,30)(H,33,35). The molecule has 2 amide bonds. The Morgan fingerprint density at radius 1 is 0.972 bits per heavy atom. The fourth-order valence-electron chi connectivity index (χ4n) is 4.44. The van der Waals surface area contributed by atoms with Gasteiger partial charge < -0.3 is 20.2 Å². The van der Waals surface area contributed by atoms with Crippen LogP contribution in [0.5, 0.6) is 0 Å². The van der Waals surface area contributed by atoms with Crippen LogP contribution in [0.3, 0.4) is 0 Å². The first-order valence-electron chi connectivity index (χ1n) is 11.6. The summed E-state index contributed by atoms with van der Waals surface area (Å²) in [5.41, 5.74) is 4.18. The summed E-state index contributed by atoms with van der Waals surface area (Å²) in [6.07, 6.45) is 2.22. The van der Waals surface area contributed by atoms with Crippen molar-refractivity contribution in [2.75, 3.05) is 4.90 Å². The van der Waals surface area contributed by atoms with Crippen molar-refractivity contribution < 1.29 is 9.59 Å². The number of benzene rings is 3. The van der Waals surface area contributed by atoms with Crippen LogP contribution in [0.4, 0.5) is 5.69 Å². The number of nitrogens with zero attached hydrogens (tertiary/aromatic N) is 3. The second-order valence-corrected chi connectivity index (χ2v) is 8.47. The lowest BCUT2D eigenvalue weighted by atomic mass is 10.0. The molecule has 8 nitrogen and oxygen atoms in total. The average molecular weight is 475 g/mol. The second kappa shape index (κ2) is 8.99. The van der Waals surface area contributed by atoms with Crippen LogP contribution in [0.15, 0.2) is 102 Å². The molecule has 3 heterocycles. The van der Waals surface area contributed by atoms with Crippen molar-refractivity contribution in [2.24, 2.45) is 4.99 Å². The first-order chi connectivity index (χ1) is 17.7. The summed E-state index contributed by atoms with van der Waals surface area (Å²) in [6.45, 7) is 0.208. The van der Waals surface area contributed by atoms with Gasteiger partial charge in [-0.3, -0.25) is 9.59 Å². The van der Waals surface area contributed by atoms with Crippen LogP contribution >= 0.6 is 0 Å². The largest absolute Gasteiger partial charge is 0.351 e. The fraction of sp³-hybridized carbons (Fsp3) is 0.0714. The van der Waals surface area contributed by atoms with Gasteiger partial charge in [-0.15, -0.1) is 0 Å². The zero-order chi connectivity index (χ0) is 24.5. The van der Waals surface area contributed by atoms with E-state index in [1.165, 1.54) is 0 Å². The van der Waals surface area contributed by atoms with E-state index in [1.54, 1.807) is 23.4 Å². The third-order valence-electron chi connectivity index (χ3n) is 6.16. The fourth-order valence-corrected chi connectivity index (χ4v) is 4.44. The van der Waals surface area contributed by atoms with Gasteiger partial charge in [-0.1, -0.05) is 66.7 Å². The third-order valence-corrected chi connectivity index (χ3v) is 6.16. The number of aromatic amines is 2. The van der Waals surface area contributed by atoms with Crippen LogP contribution in [0.1, 0.15) is 27.4 Å². The number of fused-ring (bicyclic) bond motifs is 2. The van der Waals surface area contributed by atoms with Crippen molar-refractivity contribution in [3.8, 4) is 0 Å². The minimum atomic E-state index is -1.14. The summed E-state index contributed by atoms with van der Waals surface area (Å²) in [7, 11) is 0. The number of hydrogen-bond acceptors (Lipinski definition) is 4. The average Bonchev–Trinajstić information content (AvgIpc) is 3.58. The number of carbonyl (C=O) groups excluding carboxylic acids is 2. The normalized spacial score (nSPS) is 15.3. The SMILES string of the molecule is O=C(NC1N=C(c2ccccc2)c2ccccc2N(Cc2ncc[nH]2)C1=O)c1cc2ccccc2[nH]1. The Kier molecular flexibility index (Phi) is 5.38. The van der Waals surface area contributed by atoms with Crippen LogP contribution in [0.2, 0.25) is 0 Å². The maximum absolute atomic E-state index is 13.9. The Bertz CT molecular complexity index is 1550. The van der Waals surface area contributed by atoms with E-state index in [0.717, 1.165) is 22.0 Å². The quantitative estimate of drug-likeness (QED) is 0.358. The van der Waals surface area contributed by atoms with Gasteiger partial charge >= 0.3 is 0 Å². The highest BCUT2D eigenvalue weighted by atomic mass is 16.2. The molecule has 0 fully saturated rings. The van der Waals surface area contributed by atoms with E-state index < -0.39 is 12.1 Å². The number of imidazole rings is 1. The summed E-state index contributed by atoms with van der Waals surface area (Å²) >= 11 is 0.